The molecular formula is C21H24ClFN2O. The first-order valence-corrected chi connectivity index (χ1v) is 9.68. The first-order valence-electron chi connectivity index (χ1n) is 9.30. The van der Waals surface area contributed by atoms with E-state index >= 15 is 0 Å². The molecule has 0 aromatic heterocycles. The zero-order chi connectivity index (χ0) is 18.1. The average molecular weight is 375 g/mol. The third-order valence-electron chi connectivity index (χ3n) is 5.56. The number of benzene rings is 2. The molecule has 0 amide bonds. The van der Waals surface area contributed by atoms with Gasteiger partial charge in [-0.1, -0.05) is 24.6 Å². The van der Waals surface area contributed by atoms with Gasteiger partial charge < -0.3 is 9.64 Å². The van der Waals surface area contributed by atoms with Gasteiger partial charge in [-0.15, -0.1) is 0 Å². The molecule has 0 saturated carbocycles. The second kappa shape index (κ2) is 7.55. The summed E-state index contributed by atoms with van der Waals surface area (Å²) < 4.78 is 19.5. The minimum atomic E-state index is -0.195. The summed E-state index contributed by atoms with van der Waals surface area (Å²) in [4.78, 5) is 4.83. The fourth-order valence-electron chi connectivity index (χ4n) is 4.19. The van der Waals surface area contributed by atoms with Gasteiger partial charge in [0.25, 0.3) is 0 Å². The lowest BCUT2D eigenvalue weighted by molar-refractivity contribution is -0.0265. The summed E-state index contributed by atoms with van der Waals surface area (Å²) in [7, 11) is 0. The minimum Gasteiger partial charge on any atom is -0.371 e. The molecule has 26 heavy (non-hydrogen) atoms. The second-order valence-electron chi connectivity index (χ2n) is 7.00. The summed E-state index contributed by atoms with van der Waals surface area (Å²) in [6, 6.07) is 13.2. The van der Waals surface area contributed by atoms with Crippen molar-refractivity contribution in [3.05, 3.63) is 64.4 Å². The van der Waals surface area contributed by atoms with Crippen LogP contribution in [0.25, 0.3) is 0 Å². The van der Waals surface area contributed by atoms with Crippen molar-refractivity contribution in [1.82, 2.24) is 4.90 Å². The largest absolute Gasteiger partial charge is 0.371 e. The van der Waals surface area contributed by atoms with Gasteiger partial charge in [-0.3, -0.25) is 4.90 Å². The van der Waals surface area contributed by atoms with Gasteiger partial charge in [-0.2, -0.15) is 0 Å². The van der Waals surface area contributed by atoms with Crippen LogP contribution in [0.4, 0.5) is 10.1 Å². The van der Waals surface area contributed by atoms with E-state index in [1.54, 1.807) is 0 Å². The van der Waals surface area contributed by atoms with Crippen molar-refractivity contribution in [2.45, 2.75) is 25.5 Å². The predicted octanol–water partition coefficient (Wildman–Crippen LogP) is 4.30. The van der Waals surface area contributed by atoms with Crippen LogP contribution in [0.2, 0.25) is 5.02 Å². The molecule has 4 rings (SSSR count). The van der Waals surface area contributed by atoms with Gasteiger partial charge in [-0.25, -0.2) is 4.39 Å². The fourth-order valence-corrected chi connectivity index (χ4v) is 4.38. The van der Waals surface area contributed by atoms with Gasteiger partial charge in [-0.05, 0) is 60.5 Å². The highest BCUT2D eigenvalue weighted by atomic mass is 35.5. The zero-order valence-corrected chi connectivity index (χ0v) is 15.8. The number of fused-ring (bicyclic) bond motifs is 1. The van der Waals surface area contributed by atoms with Crippen molar-refractivity contribution in [1.29, 1.82) is 0 Å². The molecule has 0 N–H and O–H groups in total. The van der Waals surface area contributed by atoms with E-state index in [0.717, 1.165) is 49.9 Å². The molecule has 1 saturated heterocycles. The lowest BCUT2D eigenvalue weighted by Crippen LogP contribution is -2.56. The number of rotatable bonds is 3. The molecule has 0 radical (unpaired) electrons. The molecule has 2 aliphatic rings. The van der Waals surface area contributed by atoms with Crippen LogP contribution in [0.1, 0.15) is 24.2 Å². The van der Waals surface area contributed by atoms with E-state index in [2.05, 4.69) is 28.9 Å². The van der Waals surface area contributed by atoms with Crippen molar-refractivity contribution in [2.75, 3.05) is 37.7 Å². The number of halogens is 2. The van der Waals surface area contributed by atoms with E-state index < -0.39 is 0 Å². The maximum atomic E-state index is 13.3. The highest BCUT2D eigenvalue weighted by Crippen LogP contribution is 2.35. The predicted molar refractivity (Wildman–Crippen MR) is 103 cm³/mol. The van der Waals surface area contributed by atoms with Crippen LogP contribution >= 0.6 is 11.6 Å². The van der Waals surface area contributed by atoms with E-state index in [0.29, 0.717) is 0 Å². The molecule has 2 heterocycles. The molecule has 2 aromatic carbocycles. The maximum Gasteiger partial charge on any atom is 0.123 e. The van der Waals surface area contributed by atoms with Gasteiger partial charge in [0.2, 0.25) is 0 Å². The van der Waals surface area contributed by atoms with Crippen molar-refractivity contribution in [3.8, 4) is 0 Å². The number of anilines is 1. The van der Waals surface area contributed by atoms with Crippen LogP contribution < -0.4 is 4.90 Å². The summed E-state index contributed by atoms with van der Waals surface area (Å²) in [6.07, 6.45) is 0.951. The molecular weight excluding hydrogens is 351 g/mol. The molecule has 5 heteroatoms. The molecule has 2 atom stereocenters. The Labute approximate surface area is 159 Å². The minimum absolute atomic E-state index is 0.0409. The number of hydrogen-bond acceptors (Lipinski definition) is 3. The Kier molecular flexibility index (Phi) is 5.16. The molecule has 2 unspecified atom stereocenters. The van der Waals surface area contributed by atoms with Crippen molar-refractivity contribution < 1.29 is 9.13 Å². The van der Waals surface area contributed by atoms with Gasteiger partial charge in [0.15, 0.2) is 0 Å². The third kappa shape index (κ3) is 3.46. The molecule has 2 aromatic rings. The van der Waals surface area contributed by atoms with Gasteiger partial charge in [0.05, 0.1) is 18.8 Å². The maximum absolute atomic E-state index is 13.3. The van der Waals surface area contributed by atoms with Gasteiger partial charge in [0, 0.05) is 30.3 Å². The topological polar surface area (TPSA) is 15.7 Å². The lowest BCUT2D eigenvalue weighted by atomic mass is 9.91. The van der Waals surface area contributed by atoms with Crippen molar-refractivity contribution in [3.63, 3.8) is 0 Å². The van der Waals surface area contributed by atoms with Crippen LogP contribution in [-0.4, -0.2) is 43.7 Å². The fraction of sp³-hybridized carbons (Fsp3) is 0.429. The highest BCUT2D eigenvalue weighted by molar-refractivity contribution is 6.30. The van der Waals surface area contributed by atoms with Crippen molar-refractivity contribution >= 4 is 17.3 Å². The number of ether oxygens (including phenoxy) is 1. The Hall–Kier alpha value is -1.62. The molecule has 138 valence electrons. The van der Waals surface area contributed by atoms with Crippen molar-refractivity contribution in [2.24, 2.45) is 0 Å². The first kappa shape index (κ1) is 17.8. The van der Waals surface area contributed by atoms with Gasteiger partial charge in [0.1, 0.15) is 5.82 Å². The Morgan fingerprint density at radius 1 is 1.15 bits per heavy atom. The SMILES string of the molecule is CCN1CCN(c2ccc(F)cc2)CC1C1OCCc2cc(Cl)ccc21. The first-order chi connectivity index (χ1) is 12.7. The smallest absolute Gasteiger partial charge is 0.123 e. The van der Waals surface area contributed by atoms with Gasteiger partial charge >= 0.3 is 0 Å². The Morgan fingerprint density at radius 2 is 1.96 bits per heavy atom. The molecule has 0 aliphatic carbocycles. The lowest BCUT2D eigenvalue weighted by Gasteiger charge is -2.46. The summed E-state index contributed by atoms with van der Waals surface area (Å²) in [5.74, 6) is -0.195. The molecule has 1 fully saturated rings. The Balaban J connectivity index is 1.62. The van der Waals surface area contributed by atoms with E-state index in [-0.39, 0.29) is 18.0 Å². The van der Waals surface area contributed by atoms with E-state index in [1.807, 2.05) is 18.2 Å². The highest BCUT2D eigenvalue weighted by Gasteiger charge is 2.36. The number of nitrogens with zero attached hydrogens (tertiary/aromatic N) is 2. The van der Waals surface area contributed by atoms with Crippen LogP contribution in [0.3, 0.4) is 0 Å². The summed E-state index contributed by atoms with van der Waals surface area (Å²) >= 11 is 6.19. The quantitative estimate of drug-likeness (QED) is 0.796. The number of piperazine rings is 1. The molecule has 2 aliphatic heterocycles. The van der Waals surface area contributed by atoms with E-state index in [1.165, 1.54) is 23.3 Å². The molecule has 0 bridgehead atoms. The van der Waals surface area contributed by atoms with Crippen LogP contribution in [-0.2, 0) is 11.2 Å². The monoisotopic (exact) mass is 374 g/mol. The van der Waals surface area contributed by atoms with E-state index in [4.69, 9.17) is 16.3 Å². The second-order valence-corrected chi connectivity index (χ2v) is 7.44. The summed E-state index contributed by atoms with van der Waals surface area (Å²) in [5, 5.41) is 0.785. The van der Waals surface area contributed by atoms with Crippen LogP contribution in [0.15, 0.2) is 42.5 Å². The standard InChI is InChI=1S/C21H24ClFN2O/c1-2-24-10-11-25(18-6-4-17(23)5-7-18)14-20(24)21-19-8-3-16(22)13-15(19)9-12-26-21/h3-8,13,20-21H,2,9-12,14H2,1H3. The van der Waals surface area contributed by atoms with Crippen LogP contribution in [0, 0.1) is 5.82 Å². The number of hydrogen-bond donors (Lipinski definition) is 0. The Morgan fingerprint density at radius 3 is 2.73 bits per heavy atom. The molecule has 0 spiro atoms. The summed E-state index contributed by atoms with van der Waals surface area (Å²) in [5.41, 5.74) is 3.62. The third-order valence-corrected chi connectivity index (χ3v) is 5.80. The Bertz CT molecular complexity index is 767. The average Bonchev–Trinajstić information content (AvgIpc) is 2.67. The zero-order valence-electron chi connectivity index (χ0n) is 15.0. The number of likely N-dealkylation sites (N-methyl/N-ethyl adjacent to an activating group) is 1. The van der Waals surface area contributed by atoms with E-state index in [9.17, 15) is 4.39 Å². The summed E-state index contributed by atoms with van der Waals surface area (Å²) in [6.45, 7) is 6.70. The molecule has 3 nitrogen and oxygen atoms in total. The van der Waals surface area contributed by atoms with Crippen LogP contribution in [0.5, 0.6) is 0 Å². The normalized spacial score (nSPS) is 23.7.